The zero-order chi connectivity index (χ0) is 31.4. The fraction of sp³-hybridized carbons (Fsp3) is 0.727. The molecule has 6 atom stereocenters. The van der Waals surface area contributed by atoms with E-state index in [9.17, 15) is 38.2 Å². The summed E-state index contributed by atoms with van der Waals surface area (Å²) in [7, 11) is 0. The molecule has 0 radical (unpaired) electrons. The number of aliphatic hydroxyl groups is 2. The number of halogens is 3. The number of nitrogens with one attached hydrogen (secondary N) is 3. The summed E-state index contributed by atoms with van der Waals surface area (Å²) >= 11 is 11.3. The minimum absolute atomic E-state index is 0.495. The molecule has 19 heteroatoms. The summed E-state index contributed by atoms with van der Waals surface area (Å²) in [5, 5.41) is 26.1. The van der Waals surface area contributed by atoms with E-state index < -0.39 is 96.1 Å². The van der Waals surface area contributed by atoms with Crippen molar-refractivity contribution in [2.24, 2.45) is 0 Å². The number of hydrogen-bond acceptors (Lipinski definition) is 11. The van der Waals surface area contributed by atoms with Crippen molar-refractivity contribution in [2.75, 3.05) is 6.61 Å². The molecule has 1 aliphatic rings. The number of esters is 2. The quantitative estimate of drug-likeness (QED) is 0.147. The van der Waals surface area contributed by atoms with Crippen LogP contribution in [0.15, 0.2) is 15.8 Å². The maximum atomic E-state index is 14.5. The Hall–Kier alpha value is -1.82. The normalized spacial score (nSPS) is 25.8. The van der Waals surface area contributed by atoms with Gasteiger partial charge in [0.25, 0.3) is 12.0 Å². The van der Waals surface area contributed by atoms with E-state index in [-0.39, 0.29) is 0 Å². The Labute approximate surface area is 243 Å². The molecule has 1 saturated heterocycles. The maximum Gasteiger partial charge on any atom is 0.330 e. The number of carbonyl (C=O) groups excluding carboxylic acids is 2. The molecule has 2 unspecified atom stereocenters. The molecule has 14 nitrogen and oxygen atoms in total. The van der Waals surface area contributed by atoms with Crippen molar-refractivity contribution in [3.05, 3.63) is 32.1 Å². The lowest BCUT2D eigenvalue weighted by atomic mass is 9.96. The Balaban J connectivity index is 2.42. The van der Waals surface area contributed by atoms with Crippen molar-refractivity contribution in [2.45, 2.75) is 96.3 Å². The number of aliphatic hydroxyl groups excluding tert-OH is 2. The van der Waals surface area contributed by atoms with Gasteiger partial charge < -0.3 is 28.9 Å². The minimum Gasteiger partial charge on any atom is -0.462 e. The second kappa shape index (κ2) is 14.1. The number of ether oxygens (including phenoxy) is 3. The van der Waals surface area contributed by atoms with Gasteiger partial charge in [0.2, 0.25) is 0 Å². The summed E-state index contributed by atoms with van der Waals surface area (Å²) in [4.78, 5) is 50.6. The van der Waals surface area contributed by atoms with Crippen LogP contribution in [0.2, 0.25) is 5.02 Å². The van der Waals surface area contributed by atoms with Crippen molar-refractivity contribution in [3.63, 3.8) is 0 Å². The van der Waals surface area contributed by atoms with Crippen LogP contribution in [0.3, 0.4) is 0 Å². The van der Waals surface area contributed by atoms with Gasteiger partial charge in [-0.25, -0.2) is 23.7 Å². The largest absolute Gasteiger partial charge is 0.462 e. The van der Waals surface area contributed by atoms with E-state index in [1.807, 2.05) is 4.98 Å². The second-order valence-corrected chi connectivity index (χ2v) is 13.7. The molecule has 41 heavy (non-hydrogen) atoms. The van der Waals surface area contributed by atoms with Crippen LogP contribution in [0, 0.1) is 0 Å². The summed E-state index contributed by atoms with van der Waals surface area (Å²) < 4.78 is 50.9. The van der Waals surface area contributed by atoms with Gasteiger partial charge in [-0.1, -0.05) is 11.6 Å². The highest BCUT2D eigenvalue weighted by atomic mass is 35.5. The van der Waals surface area contributed by atoms with Crippen molar-refractivity contribution in [1.82, 2.24) is 19.7 Å². The molecule has 0 bridgehead atoms. The molecule has 1 aliphatic heterocycles. The molecule has 2 rings (SSSR count). The fourth-order valence-corrected chi connectivity index (χ4v) is 6.73. The van der Waals surface area contributed by atoms with Crippen LogP contribution in [0.1, 0.15) is 47.8 Å². The van der Waals surface area contributed by atoms with Gasteiger partial charge in [-0.3, -0.25) is 23.9 Å². The molecule has 0 aliphatic carbocycles. The molecule has 234 valence electrons. The number of H-pyrrole nitrogens is 1. The first-order valence-corrected chi connectivity index (χ1v) is 15.5. The lowest BCUT2D eigenvalue weighted by Gasteiger charge is -2.35. The number of aromatic nitrogens is 2. The summed E-state index contributed by atoms with van der Waals surface area (Å²) in [6.07, 6.45) is -10.2. The van der Waals surface area contributed by atoms with Crippen LogP contribution in [-0.4, -0.2) is 86.8 Å². The van der Waals surface area contributed by atoms with Crippen molar-refractivity contribution >= 4 is 41.9 Å². The highest BCUT2D eigenvalue weighted by molar-refractivity contribution is 8.10. The highest BCUT2D eigenvalue weighted by Crippen LogP contribution is 2.46. The average molecular weight is 651 g/mol. The van der Waals surface area contributed by atoms with Gasteiger partial charge in [-0.2, -0.15) is 0 Å². The number of rotatable bonds is 13. The van der Waals surface area contributed by atoms with E-state index in [0.717, 1.165) is 6.20 Å². The molecule has 0 amide bonds. The van der Waals surface area contributed by atoms with Crippen molar-refractivity contribution in [3.8, 4) is 0 Å². The monoisotopic (exact) mass is 650 g/mol. The van der Waals surface area contributed by atoms with Crippen LogP contribution >= 0.6 is 18.2 Å². The first kappa shape index (κ1) is 35.4. The zero-order valence-corrected chi connectivity index (χ0v) is 25.5. The zero-order valence-electron chi connectivity index (χ0n) is 23.0. The van der Waals surface area contributed by atoms with Gasteiger partial charge in [0.05, 0.1) is 18.8 Å². The topological polar surface area (TPSA) is 190 Å². The molecule has 2 heterocycles. The van der Waals surface area contributed by atoms with Gasteiger partial charge in [0.1, 0.15) is 29.3 Å². The van der Waals surface area contributed by atoms with Crippen molar-refractivity contribution in [1.29, 1.82) is 0 Å². The Morgan fingerprint density at radius 2 is 1.61 bits per heavy atom. The third kappa shape index (κ3) is 8.61. The van der Waals surface area contributed by atoms with E-state index in [0.29, 0.717) is 4.57 Å². The molecule has 0 saturated carbocycles. The number of carbonyl (C=O) groups is 2. The molecular weight excluding hydrogens is 617 g/mol. The Kier molecular flexibility index (Phi) is 12.2. The smallest absolute Gasteiger partial charge is 0.330 e. The lowest BCUT2D eigenvalue weighted by molar-refractivity contribution is -0.191. The Bertz CT molecular complexity index is 1230. The predicted octanol–water partition coefficient (Wildman–Crippen LogP) is 0.545. The highest BCUT2D eigenvalue weighted by Gasteiger charge is 2.61. The lowest BCUT2D eigenvalue weighted by Crippen LogP contribution is -2.53. The molecule has 5 N–H and O–H groups in total. The first-order valence-electron chi connectivity index (χ1n) is 12.4. The van der Waals surface area contributed by atoms with Gasteiger partial charge in [0.15, 0.2) is 18.4 Å². The van der Waals surface area contributed by atoms with Crippen molar-refractivity contribution < 1.29 is 47.3 Å². The fourth-order valence-electron chi connectivity index (χ4n) is 3.63. The standard InChI is InChI=1S/C22H34ClF2N4O10PS/c1-9(2)37-18(33)11(5)27-40(41,28-12(6)19(34)38-10(3)4)36-8-22(20(24)25)15(31)14(30)17(39-22)29-7-13(23)16(32)26-21(29)35/h7,9-12,14-15,17,20,30-31H,8H2,1-6H3,(H,26,32,35)(H2,27,28,41)/t11?,12?,14-,15+,17-,22-,40?/m1/s1. The SMILES string of the molecule is CC(C)OC(=O)C(C)NP(=S)(NC(C)C(=O)OC(C)C)OC[C@@]1(C(F)F)O[C@@H](n2cc(Cl)c(=O)[nH]c2=O)[C@H](O)[C@@H]1O. The predicted molar refractivity (Wildman–Crippen MR) is 145 cm³/mol. The van der Waals surface area contributed by atoms with Gasteiger partial charge in [0, 0.05) is 6.20 Å². The maximum absolute atomic E-state index is 14.5. The first-order chi connectivity index (χ1) is 18.8. The summed E-state index contributed by atoms with van der Waals surface area (Å²) in [5.74, 6) is -1.52. The Morgan fingerprint density at radius 3 is 2.05 bits per heavy atom. The molecule has 1 aromatic rings. The molecular formula is C22H34ClF2N4O10PS. The summed E-state index contributed by atoms with van der Waals surface area (Å²) in [6.45, 7) is 4.12. The number of aromatic amines is 1. The van der Waals surface area contributed by atoms with Gasteiger partial charge in [-0.15, -0.1) is 0 Å². The molecule has 0 spiro atoms. The van der Waals surface area contributed by atoms with E-state index in [1.165, 1.54) is 13.8 Å². The molecule has 1 fully saturated rings. The minimum atomic E-state index is -3.83. The number of hydrogen-bond donors (Lipinski definition) is 5. The van der Waals surface area contributed by atoms with E-state index in [4.69, 9.17) is 42.1 Å². The van der Waals surface area contributed by atoms with Crippen LogP contribution in [0.25, 0.3) is 0 Å². The second-order valence-electron chi connectivity index (χ2n) is 9.84. The molecule has 0 aromatic carbocycles. The van der Waals surface area contributed by atoms with Gasteiger partial charge >= 0.3 is 17.6 Å². The Morgan fingerprint density at radius 1 is 1.12 bits per heavy atom. The summed E-state index contributed by atoms with van der Waals surface area (Å²) in [6, 6.07) is -2.30. The van der Waals surface area contributed by atoms with Gasteiger partial charge in [-0.05, 0) is 53.3 Å². The van der Waals surface area contributed by atoms with Crippen LogP contribution in [0.5, 0.6) is 0 Å². The van der Waals surface area contributed by atoms with E-state index in [2.05, 4.69) is 10.2 Å². The summed E-state index contributed by atoms with van der Waals surface area (Å²) in [5.41, 5.74) is -5.11. The van der Waals surface area contributed by atoms with E-state index >= 15 is 0 Å². The van der Waals surface area contributed by atoms with Crippen LogP contribution in [0.4, 0.5) is 8.78 Å². The van der Waals surface area contributed by atoms with Crippen LogP contribution < -0.4 is 21.4 Å². The number of nitrogens with zero attached hydrogens (tertiary/aromatic N) is 1. The van der Waals surface area contributed by atoms with Crippen LogP contribution in [-0.2, 0) is 40.1 Å². The average Bonchev–Trinajstić information content (AvgIpc) is 3.10. The number of alkyl halides is 2. The van der Waals surface area contributed by atoms with E-state index in [1.54, 1.807) is 27.7 Å². The third-order valence-electron chi connectivity index (χ3n) is 5.63. The third-order valence-corrected chi connectivity index (χ3v) is 8.80. The molecule has 1 aromatic heterocycles.